The van der Waals surface area contributed by atoms with E-state index in [-0.39, 0.29) is 24.9 Å². The summed E-state index contributed by atoms with van der Waals surface area (Å²) in [6, 6.07) is 3.93. The molecule has 23 heavy (non-hydrogen) atoms. The molecule has 0 aromatic carbocycles. The summed E-state index contributed by atoms with van der Waals surface area (Å²) in [6.45, 7) is 1.67. The van der Waals surface area contributed by atoms with Gasteiger partial charge in [-0.2, -0.15) is 0 Å². The lowest BCUT2D eigenvalue weighted by Gasteiger charge is -2.00. The molecule has 10 heteroatoms. The van der Waals surface area contributed by atoms with Crippen molar-refractivity contribution in [2.45, 2.75) is 26.4 Å². The third-order valence-electron chi connectivity index (χ3n) is 2.64. The summed E-state index contributed by atoms with van der Waals surface area (Å²) in [4.78, 5) is 28.3. The predicted octanol–water partition coefficient (Wildman–Crippen LogP) is 2.47. The molecule has 126 valence electrons. The van der Waals surface area contributed by atoms with Crippen LogP contribution >= 0.6 is 35.1 Å². The van der Waals surface area contributed by atoms with Crippen molar-refractivity contribution >= 4 is 52.2 Å². The number of carbonyl (C=O) groups excluding carboxylic acids is 2. The number of halogens is 1. The molecule has 0 aliphatic heterocycles. The van der Waals surface area contributed by atoms with Gasteiger partial charge in [0.2, 0.25) is 5.91 Å². The van der Waals surface area contributed by atoms with E-state index in [1.165, 1.54) is 23.1 Å². The van der Waals surface area contributed by atoms with Gasteiger partial charge in [-0.15, -0.1) is 35.1 Å². The second-order valence-corrected chi connectivity index (χ2v) is 6.52. The zero-order chi connectivity index (χ0) is 15.9. The molecule has 0 atom stereocenters. The smallest absolute Gasteiger partial charge is 0.421 e. The van der Waals surface area contributed by atoms with Gasteiger partial charge in [-0.05, 0) is 25.0 Å². The van der Waals surface area contributed by atoms with E-state index in [1.807, 2.05) is 22.9 Å². The van der Waals surface area contributed by atoms with Crippen LogP contribution in [0, 0.1) is 0 Å². The lowest BCUT2D eigenvalue weighted by molar-refractivity contribution is -0.114. The van der Waals surface area contributed by atoms with Gasteiger partial charge in [0.25, 0.3) is 0 Å². The second-order valence-electron chi connectivity index (χ2n) is 4.41. The van der Waals surface area contributed by atoms with E-state index >= 15 is 0 Å². The van der Waals surface area contributed by atoms with Crippen molar-refractivity contribution < 1.29 is 14.3 Å². The highest BCUT2D eigenvalue weighted by Crippen LogP contribution is 2.21. The minimum absolute atomic E-state index is 0. The second kappa shape index (κ2) is 9.46. The van der Waals surface area contributed by atoms with Gasteiger partial charge in [0.05, 0.1) is 5.69 Å². The SMILES string of the molecule is CC(=O)Nc1nc(CCc2ccc(COC(=O)NN)s2)cs1.Cl. The molecule has 0 aliphatic carbocycles. The van der Waals surface area contributed by atoms with Crippen molar-refractivity contribution in [2.24, 2.45) is 5.84 Å². The average molecular weight is 377 g/mol. The van der Waals surface area contributed by atoms with Crippen LogP contribution in [0.3, 0.4) is 0 Å². The fraction of sp³-hybridized carbons (Fsp3) is 0.308. The van der Waals surface area contributed by atoms with Gasteiger partial charge in [0.15, 0.2) is 5.13 Å². The van der Waals surface area contributed by atoms with Crippen LogP contribution in [0.15, 0.2) is 17.5 Å². The summed E-state index contributed by atoms with van der Waals surface area (Å²) in [5.74, 6) is 4.81. The standard InChI is InChI=1S/C13H16N4O3S2.ClH/c1-8(18)15-12-16-9(7-21-12)2-3-10-4-5-11(22-10)6-20-13(19)17-14;/h4-5,7H,2-3,6,14H2,1H3,(H,17,19)(H,15,16,18);1H. The summed E-state index contributed by atoms with van der Waals surface area (Å²) in [6.07, 6.45) is 0.986. The normalized spacial score (nSPS) is 9.83. The fourth-order valence-corrected chi connectivity index (χ4v) is 3.42. The molecule has 0 aliphatic rings. The Morgan fingerprint density at radius 2 is 2.04 bits per heavy atom. The first kappa shape index (κ1) is 19.4. The number of hydrazine groups is 1. The van der Waals surface area contributed by atoms with Crippen LogP contribution in [0.2, 0.25) is 0 Å². The van der Waals surface area contributed by atoms with Crippen LogP contribution in [0.4, 0.5) is 9.93 Å². The minimum Gasteiger partial charge on any atom is -0.443 e. The molecule has 2 heterocycles. The van der Waals surface area contributed by atoms with Crippen molar-refractivity contribution in [1.29, 1.82) is 0 Å². The molecule has 2 aromatic heterocycles. The quantitative estimate of drug-likeness (QED) is 0.408. The number of anilines is 1. The molecule has 0 fully saturated rings. The fourth-order valence-electron chi connectivity index (χ4n) is 1.69. The lowest BCUT2D eigenvalue weighted by Crippen LogP contribution is -2.30. The third-order valence-corrected chi connectivity index (χ3v) is 4.57. The first-order valence-electron chi connectivity index (χ1n) is 6.50. The summed E-state index contributed by atoms with van der Waals surface area (Å²) >= 11 is 3.00. The highest BCUT2D eigenvalue weighted by molar-refractivity contribution is 7.14. The maximum Gasteiger partial charge on any atom is 0.421 e. The Hall–Kier alpha value is -1.68. The number of aryl methyl sites for hydroxylation is 2. The van der Waals surface area contributed by atoms with Gasteiger partial charge in [0.1, 0.15) is 6.61 Å². The van der Waals surface area contributed by atoms with E-state index in [1.54, 1.807) is 11.3 Å². The molecule has 0 saturated carbocycles. The zero-order valence-corrected chi connectivity index (χ0v) is 14.8. The van der Waals surface area contributed by atoms with Gasteiger partial charge in [-0.1, -0.05) is 0 Å². The third kappa shape index (κ3) is 6.53. The van der Waals surface area contributed by atoms with Crippen molar-refractivity contribution in [3.63, 3.8) is 0 Å². The molecular weight excluding hydrogens is 360 g/mol. The Morgan fingerprint density at radius 3 is 2.74 bits per heavy atom. The number of amides is 2. The summed E-state index contributed by atoms with van der Waals surface area (Å²) < 4.78 is 4.88. The average Bonchev–Trinajstić information content (AvgIpc) is 3.11. The largest absolute Gasteiger partial charge is 0.443 e. The topological polar surface area (TPSA) is 106 Å². The van der Waals surface area contributed by atoms with E-state index in [2.05, 4.69) is 10.3 Å². The molecule has 0 spiro atoms. The van der Waals surface area contributed by atoms with E-state index < -0.39 is 6.09 Å². The van der Waals surface area contributed by atoms with Crippen LogP contribution < -0.4 is 16.6 Å². The number of rotatable bonds is 6. The van der Waals surface area contributed by atoms with E-state index in [0.29, 0.717) is 5.13 Å². The molecule has 2 amide bonds. The van der Waals surface area contributed by atoms with Crippen LogP contribution in [0.25, 0.3) is 0 Å². The molecule has 2 rings (SSSR count). The predicted molar refractivity (Wildman–Crippen MR) is 92.9 cm³/mol. The Bertz CT molecular complexity index is 659. The van der Waals surface area contributed by atoms with E-state index in [4.69, 9.17) is 10.6 Å². The van der Waals surface area contributed by atoms with Crippen LogP contribution in [-0.2, 0) is 29.0 Å². The van der Waals surface area contributed by atoms with Gasteiger partial charge >= 0.3 is 6.09 Å². The zero-order valence-electron chi connectivity index (χ0n) is 12.3. The number of ether oxygens (including phenoxy) is 1. The summed E-state index contributed by atoms with van der Waals surface area (Å²) in [5, 5.41) is 5.23. The Kier molecular flexibility index (Phi) is 7.96. The Morgan fingerprint density at radius 1 is 1.30 bits per heavy atom. The number of nitrogens with one attached hydrogen (secondary N) is 2. The molecule has 0 unspecified atom stereocenters. The first-order valence-corrected chi connectivity index (χ1v) is 8.19. The van der Waals surface area contributed by atoms with Crippen molar-refractivity contribution in [1.82, 2.24) is 10.4 Å². The maximum absolute atomic E-state index is 10.9. The maximum atomic E-state index is 10.9. The number of thiazole rings is 1. The number of thiophene rings is 1. The summed E-state index contributed by atoms with van der Waals surface area (Å²) in [5.41, 5.74) is 2.86. The van der Waals surface area contributed by atoms with Crippen LogP contribution in [0.5, 0.6) is 0 Å². The molecule has 2 aromatic rings. The number of nitrogens with two attached hydrogens (primary N) is 1. The number of nitrogens with zero attached hydrogens (tertiary/aromatic N) is 1. The molecule has 0 radical (unpaired) electrons. The van der Waals surface area contributed by atoms with Gasteiger partial charge in [-0.3, -0.25) is 10.2 Å². The minimum atomic E-state index is -0.650. The van der Waals surface area contributed by atoms with Crippen molar-refractivity contribution in [3.05, 3.63) is 33.0 Å². The monoisotopic (exact) mass is 376 g/mol. The number of carbonyl (C=O) groups is 2. The number of aromatic nitrogens is 1. The molecular formula is C13H17ClN4O3S2. The highest BCUT2D eigenvalue weighted by atomic mass is 35.5. The lowest BCUT2D eigenvalue weighted by atomic mass is 10.2. The molecule has 7 nitrogen and oxygen atoms in total. The van der Waals surface area contributed by atoms with Gasteiger partial charge < -0.3 is 10.1 Å². The van der Waals surface area contributed by atoms with Gasteiger partial charge in [-0.25, -0.2) is 15.6 Å². The highest BCUT2D eigenvalue weighted by Gasteiger charge is 2.07. The number of hydrogen-bond acceptors (Lipinski definition) is 7. The van der Waals surface area contributed by atoms with E-state index in [0.717, 1.165) is 23.4 Å². The first-order chi connectivity index (χ1) is 10.6. The van der Waals surface area contributed by atoms with Crippen molar-refractivity contribution in [3.8, 4) is 0 Å². The Balaban J connectivity index is 0.00000264. The molecule has 4 N–H and O–H groups in total. The van der Waals surface area contributed by atoms with Crippen molar-refractivity contribution in [2.75, 3.05) is 5.32 Å². The molecule has 0 bridgehead atoms. The van der Waals surface area contributed by atoms with Crippen LogP contribution in [-0.4, -0.2) is 17.0 Å². The van der Waals surface area contributed by atoms with E-state index in [9.17, 15) is 9.59 Å². The van der Waals surface area contributed by atoms with Crippen LogP contribution in [0.1, 0.15) is 22.4 Å². The number of hydrogen-bond donors (Lipinski definition) is 3. The Labute approximate surface area is 147 Å². The van der Waals surface area contributed by atoms with Gasteiger partial charge in [0, 0.05) is 22.1 Å². The summed E-state index contributed by atoms with van der Waals surface area (Å²) in [7, 11) is 0. The molecule has 0 saturated heterocycles.